The number of nitrogens with zero attached hydrogens (tertiary/aromatic N) is 1. The minimum atomic E-state index is 0.351. The van der Waals surface area contributed by atoms with Crippen molar-refractivity contribution in [3.8, 4) is 5.75 Å². The minimum absolute atomic E-state index is 0.351. The largest absolute Gasteiger partial charge is 0.508 e. The van der Waals surface area contributed by atoms with Crippen LogP contribution >= 0.6 is 22.9 Å². The molecule has 0 saturated carbocycles. The fourth-order valence-electron chi connectivity index (χ4n) is 1.24. The highest BCUT2D eigenvalue weighted by Gasteiger charge is 2.00. The molecule has 1 aromatic carbocycles. The van der Waals surface area contributed by atoms with Gasteiger partial charge in [-0.2, -0.15) is 0 Å². The first-order chi connectivity index (χ1) is 6.09. The number of phenols is 1. The molecule has 0 fully saturated rings. The monoisotopic (exact) mass is 291 g/mol. The van der Waals surface area contributed by atoms with Gasteiger partial charge in [-0.25, -0.2) is 0 Å². The third-order valence-corrected chi connectivity index (χ3v) is 2.50. The molecule has 13 heavy (non-hydrogen) atoms. The van der Waals surface area contributed by atoms with E-state index < -0.39 is 0 Å². The Morgan fingerprint density at radius 3 is 2.69 bits per heavy atom. The summed E-state index contributed by atoms with van der Waals surface area (Å²) in [4.78, 5) is 0. The van der Waals surface area contributed by atoms with Gasteiger partial charge in [-0.1, -0.05) is 6.07 Å². The second-order valence-corrected chi connectivity index (χ2v) is 4.84. The van der Waals surface area contributed by atoms with Gasteiger partial charge in [0.1, 0.15) is 5.75 Å². The standard InChI is InChI=1S/C10H14INO/c1-8-7-10(13)4-3-9(8)5-6-12(2)11/h3-4,7,13H,5-6H2,1-2H3. The number of aromatic hydroxyl groups is 1. The maximum absolute atomic E-state index is 9.20. The van der Waals surface area contributed by atoms with Gasteiger partial charge in [0.05, 0.1) is 0 Å². The predicted octanol–water partition coefficient (Wildman–Crippen LogP) is 2.52. The Morgan fingerprint density at radius 1 is 1.46 bits per heavy atom. The molecule has 0 saturated heterocycles. The fraction of sp³-hybridized carbons (Fsp3) is 0.400. The number of rotatable bonds is 3. The lowest BCUT2D eigenvalue weighted by atomic mass is 10.1. The maximum Gasteiger partial charge on any atom is 0.115 e. The van der Waals surface area contributed by atoms with Crippen LogP contribution in [0.2, 0.25) is 0 Å². The number of benzene rings is 1. The average Bonchev–Trinajstić information content (AvgIpc) is 2.02. The molecule has 0 atom stereocenters. The highest BCUT2D eigenvalue weighted by Crippen LogP contribution is 2.16. The van der Waals surface area contributed by atoms with E-state index >= 15 is 0 Å². The van der Waals surface area contributed by atoms with Gasteiger partial charge in [-0.3, -0.25) is 3.11 Å². The number of phenolic OH excluding ortho intramolecular Hbond substituents is 1. The predicted molar refractivity (Wildman–Crippen MR) is 63.2 cm³/mol. The van der Waals surface area contributed by atoms with E-state index in [0.717, 1.165) is 13.0 Å². The maximum atomic E-state index is 9.20. The van der Waals surface area contributed by atoms with Crippen molar-refractivity contribution >= 4 is 22.9 Å². The second-order valence-electron chi connectivity index (χ2n) is 3.19. The Kier molecular flexibility index (Phi) is 3.99. The first-order valence-corrected chi connectivity index (χ1v) is 5.21. The SMILES string of the molecule is Cc1cc(O)ccc1CCN(C)I. The van der Waals surface area contributed by atoms with Gasteiger partial charge in [0, 0.05) is 29.4 Å². The Morgan fingerprint density at radius 2 is 2.15 bits per heavy atom. The van der Waals surface area contributed by atoms with Gasteiger partial charge in [0.15, 0.2) is 0 Å². The van der Waals surface area contributed by atoms with E-state index in [0.29, 0.717) is 5.75 Å². The van der Waals surface area contributed by atoms with Crippen LogP contribution in [0.4, 0.5) is 0 Å². The zero-order valence-electron chi connectivity index (χ0n) is 7.92. The lowest BCUT2D eigenvalue weighted by molar-refractivity contribution is 0.474. The Hall–Kier alpha value is -0.290. The first kappa shape index (κ1) is 10.8. The van der Waals surface area contributed by atoms with E-state index in [9.17, 15) is 5.11 Å². The van der Waals surface area contributed by atoms with Crippen molar-refractivity contribution in [3.05, 3.63) is 29.3 Å². The van der Waals surface area contributed by atoms with Crippen LogP contribution in [0.5, 0.6) is 5.75 Å². The Labute approximate surface area is 93.1 Å². The number of halogens is 1. The van der Waals surface area contributed by atoms with E-state index in [1.54, 1.807) is 6.07 Å². The molecule has 0 radical (unpaired) electrons. The first-order valence-electron chi connectivity index (χ1n) is 4.25. The molecule has 1 aromatic rings. The number of aryl methyl sites for hydroxylation is 1. The van der Waals surface area contributed by atoms with Crippen molar-refractivity contribution in [2.45, 2.75) is 13.3 Å². The molecule has 72 valence electrons. The van der Waals surface area contributed by atoms with Gasteiger partial charge >= 0.3 is 0 Å². The van der Waals surface area contributed by atoms with Crippen LogP contribution in [0.15, 0.2) is 18.2 Å². The van der Waals surface area contributed by atoms with Crippen molar-refractivity contribution < 1.29 is 5.11 Å². The molecule has 0 unspecified atom stereocenters. The van der Waals surface area contributed by atoms with Crippen molar-refractivity contribution in [3.63, 3.8) is 0 Å². The number of hydrogen-bond donors (Lipinski definition) is 1. The van der Waals surface area contributed by atoms with Gasteiger partial charge in [0.25, 0.3) is 0 Å². The topological polar surface area (TPSA) is 23.5 Å². The van der Waals surface area contributed by atoms with Crippen molar-refractivity contribution in [1.29, 1.82) is 0 Å². The molecule has 0 aromatic heterocycles. The fourth-order valence-corrected chi connectivity index (χ4v) is 1.48. The van der Waals surface area contributed by atoms with Crippen LogP contribution < -0.4 is 0 Å². The zero-order chi connectivity index (χ0) is 9.84. The lowest BCUT2D eigenvalue weighted by Crippen LogP contribution is -2.08. The third-order valence-electron chi connectivity index (χ3n) is 2.02. The van der Waals surface area contributed by atoms with Crippen LogP contribution in [0.3, 0.4) is 0 Å². The average molecular weight is 291 g/mol. The quantitative estimate of drug-likeness (QED) is 0.683. The number of likely N-dealkylation sites (N-methyl/N-ethyl adjacent to an activating group) is 1. The van der Waals surface area contributed by atoms with Crippen LogP contribution in [-0.2, 0) is 6.42 Å². The summed E-state index contributed by atoms with van der Waals surface area (Å²) in [6.45, 7) is 3.06. The van der Waals surface area contributed by atoms with Crippen LogP contribution in [0.1, 0.15) is 11.1 Å². The van der Waals surface area contributed by atoms with Crippen molar-refractivity contribution in [1.82, 2.24) is 3.11 Å². The highest BCUT2D eigenvalue weighted by atomic mass is 127. The Bertz CT molecular complexity index is 286. The molecule has 0 heterocycles. The molecule has 0 bridgehead atoms. The molecular weight excluding hydrogens is 277 g/mol. The van der Waals surface area contributed by atoms with Crippen LogP contribution in [0.25, 0.3) is 0 Å². The van der Waals surface area contributed by atoms with E-state index in [1.165, 1.54) is 11.1 Å². The molecule has 1 rings (SSSR count). The Balaban J connectivity index is 2.67. The van der Waals surface area contributed by atoms with Crippen LogP contribution in [-0.4, -0.2) is 21.8 Å². The van der Waals surface area contributed by atoms with E-state index in [4.69, 9.17) is 0 Å². The molecule has 2 nitrogen and oxygen atoms in total. The van der Waals surface area contributed by atoms with Gasteiger partial charge in [0.2, 0.25) is 0 Å². The third kappa shape index (κ3) is 3.52. The van der Waals surface area contributed by atoms with E-state index in [2.05, 4.69) is 33.0 Å². The molecule has 0 aliphatic heterocycles. The highest BCUT2D eigenvalue weighted by molar-refractivity contribution is 14.1. The van der Waals surface area contributed by atoms with E-state index in [-0.39, 0.29) is 0 Å². The molecular formula is C10H14INO. The normalized spacial score (nSPS) is 10.8. The van der Waals surface area contributed by atoms with Crippen molar-refractivity contribution in [2.24, 2.45) is 0 Å². The van der Waals surface area contributed by atoms with Gasteiger partial charge < -0.3 is 5.11 Å². The minimum Gasteiger partial charge on any atom is -0.508 e. The summed E-state index contributed by atoms with van der Waals surface area (Å²) < 4.78 is 2.13. The van der Waals surface area contributed by atoms with Gasteiger partial charge in [-0.05, 0) is 43.7 Å². The van der Waals surface area contributed by atoms with Crippen LogP contribution in [0, 0.1) is 6.92 Å². The summed E-state index contributed by atoms with van der Waals surface area (Å²) in [6, 6.07) is 5.54. The number of hydrogen-bond acceptors (Lipinski definition) is 2. The summed E-state index contributed by atoms with van der Waals surface area (Å²) in [5, 5.41) is 9.20. The summed E-state index contributed by atoms with van der Waals surface area (Å²) in [5.74, 6) is 0.351. The molecule has 0 aliphatic rings. The lowest BCUT2D eigenvalue weighted by Gasteiger charge is -2.09. The molecule has 3 heteroatoms. The molecule has 1 N–H and O–H groups in total. The molecule has 0 spiro atoms. The van der Waals surface area contributed by atoms with Gasteiger partial charge in [-0.15, -0.1) is 0 Å². The summed E-state index contributed by atoms with van der Waals surface area (Å²) in [6.07, 6.45) is 1.03. The molecule has 0 aliphatic carbocycles. The second kappa shape index (κ2) is 4.81. The smallest absolute Gasteiger partial charge is 0.115 e. The molecule has 0 amide bonds. The van der Waals surface area contributed by atoms with E-state index in [1.807, 2.05) is 19.1 Å². The summed E-state index contributed by atoms with van der Waals surface area (Å²) in [7, 11) is 2.05. The zero-order valence-corrected chi connectivity index (χ0v) is 10.1. The summed E-state index contributed by atoms with van der Waals surface area (Å²) in [5.41, 5.74) is 2.47. The van der Waals surface area contributed by atoms with Crippen molar-refractivity contribution in [2.75, 3.05) is 13.6 Å². The summed E-state index contributed by atoms with van der Waals surface area (Å²) >= 11 is 2.27.